The Morgan fingerprint density at radius 3 is 2.00 bits per heavy atom. The summed E-state index contributed by atoms with van der Waals surface area (Å²) >= 11 is 5.87. The summed E-state index contributed by atoms with van der Waals surface area (Å²) in [5.74, 6) is 1.44. The zero-order valence-corrected chi connectivity index (χ0v) is 17.8. The highest BCUT2D eigenvalue weighted by Gasteiger charge is 2.17. The minimum Gasteiger partial charge on any atom is -0.457 e. The second kappa shape index (κ2) is 9.15. The van der Waals surface area contributed by atoms with Crippen LogP contribution in [-0.4, -0.2) is 5.91 Å². The number of ether oxygens (including phenoxy) is 1. The van der Waals surface area contributed by atoms with Crippen molar-refractivity contribution in [2.24, 2.45) is 0 Å². The third-order valence-electron chi connectivity index (χ3n) is 5.17. The Balaban J connectivity index is 1.57. The van der Waals surface area contributed by atoms with E-state index in [0.29, 0.717) is 11.4 Å². The van der Waals surface area contributed by atoms with Crippen LogP contribution in [0.1, 0.15) is 38.3 Å². The number of halogens is 1. The molecule has 0 aliphatic rings. The van der Waals surface area contributed by atoms with E-state index in [4.69, 9.17) is 16.3 Å². The van der Waals surface area contributed by atoms with Gasteiger partial charge in [-0.3, -0.25) is 4.79 Å². The van der Waals surface area contributed by atoms with E-state index in [9.17, 15) is 4.79 Å². The van der Waals surface area contributed by atoms with Gasteiger partial charge in [-0.05, 0) is 71.5 Å². The van der Waals surface area contributed by atoms with Gasteiger partial charge in [-0.25, -0.2) is 0 Å². The highest BCUT2D eigenvalue weighted by molar-refractivity contribution is 6.30. The molecular weight excluding hydrogens is 382 g/mol. The van der Waals surface area contributed by atoms with E-state index in [1.54, 1.807) is 12.1 Å². The lowest BCUT2D eigenvalue weighted by atomic mass is 9.82. The van der Waals surface area contributed by atoms with Crippen molar-refractivity contribution in [3.8, 4) is 11.5 Å². The van der Waals surface area contributed by atoms with Crippen LogP contribution in [0.3, 0.4) is 0 Å². The first-order chi connectivity index (χ1) is 13.9. The van der Waals surface area contributed by atoms with E-state index in [-0.39, 0.29) is 11.3 Å². The van der Waals surface area contributed by atoms with Crippen molar-refractivity contribution in [1.82, 2.24) is 0 Å². The lowest BCUT2D eigenvalue weighted by Crippen LogP contribution is -2.14. The first-order valence-corrected chi connectivity index (χ1v) is 10.2. The van der Waals surface area contributed by atoms with Gasteiger partial charge in [-0.15, -0.1) is 0 Å². The Morgan fingerprint density at radius 2 is 1.45 bits per heavy atom. The van der Waals surface area contributed by atoms with E-state index in [1.165, 1.54) is 5.56 Å². The Morgan fingerprint density at radius 1 is 0.897 bits per heavy atom. The SMILES string of the molecule is CCC(C)(C)c1ccc(Oc2ccc(NC(=O)Cc3ccc(Cl)cc3)cc2)cc1. The molecule has 3 aromatic carbocycles. The van der Waals surface area contributed by atoms with Crippen LogP contribution >= 0.6 is 11.6 Å². The number of hydrogen-bond donors (Lipinski definition) is 1. The van der Waals surface area contributed by atoms with Crippen LogP contribution < -0.4 is 10.1 Å². The average molecular weight is 408 g/mol. The van der Waals surface area contributed by atoms with Crippen LogP contribution in [0.15, 0.2) is 72.8 Å². The maximum absolute atomic E-state index is 12.2. The molecule has 3 rings (SSSR count). The zero-order valence-electron chi connectivity index (χ0n) is 17.0. The van der Waals surface area contributed by atoms with Crippen LogP contribution in [0.25, 0.3) is 0 Å². The van der Waals surface area contributed by atoms with Gasteiger partial charge in [0.2, 0.25) is 5.91 Å². The van der Waals surface area contributed by atoms with Crippen LogP contribution in [-0.2, 0) is 16.6 Å². The van der Waals surface area contributed by atoms with E-state index >= 15 is 0 Å². The molecule has 0 saturated carbocycles. The van der Waals surface area contributed by atoms with Gasteiger partial charge in [-0.2, -0.15) is 0 Å². The van der Waals surface area contributed by atoms with Crippen molar-refractivity contribution < 1.29 is 9.53 Å². The number of rotatable bonds is 7. The number of nitrogens with one attached hydrogen (secondary N) is 1. The van der Waals surface area contributed by atoms with Gasteiger partial charge in [0.25, 0.3) is 0 Å². The highest BCUT2D eigenvalue weighted by atomic mass is 35.5. The van der Waals surface area contributed by atoms with E-state index in [2.05, 4.69) is 38.2 Å². The summed E-state index contributed by atoms with van der Waals surface area (Å²) in [5, 5.41) is 3.56. The molecule has 1 N–H and O–H groups in total. The molecule has 3 nitrogen and oxygen atoms in total. The second-order valence-electron chi connectivity index (χ2n) is 7.74. The standard InChI is InChI=1S/C25H26ClNO2/c1-4-25(2,3)19-7-13-22(14-8-19)29-23-15-11-21(12-16-23)27-24(28)17-18-5-9-20(26)10-6-18/h5-16H,4,17H2,1-3H3,(H,27,28). The predicted octanol–water partition coefficient (Wildman–Crippen LogP) is 7.00. The fourth-order valence-electron chi connectivity index (χ4n) is 2.91. The maximum Gasteiger partial charge on any atom is 0.228 e. The molecule has 150 valence electrons. The van der Waals surface area contributed by atoms with E-state index in [1.807, 2.05) is 48.5 Å². The average Bonchev–Trinajstić information content (AvgIpc) is 2.71. The lowest BCUT2D eigenvalue weighted by molar-refractivity contribution is -0.115. The van der Waals surface area contributed by atoms with Crippen molar-refractivity contribution >= 4 is 23.2 Å². The fraction of sp³-hybridized carbons (Fsp3) is 0.240. The highest BCUT2D eigenvalue weighted by Crippen LogP contribution is 2.30. The molecule has 29 heavy (non-hydrogen) atoms. The van der Waals surface area contributed by atoms with Gasteiger partial charge < -0.3 is 10.1 Å². The molecular formula is C25H26ClNO2. The van der Waals surface area contributed by atoms with Crippen molar-refractivity contribution in [1.29, 1.82) is 0 Å². The monoisotopic (exact) mass is 407 g/mol. The van der Waals surface area contributed by atoms with Gasteiger partial charge in [0.05, 0.1) is 6.42 Å². The van der Waals surface area contributed by atoms with E-state index < -0.39 is 0 Å². The first-order valence-electron chi connectivity index (χ1n) is 9.78. The van der Waals surface area contributed by atoms with Crippen LogP contribution in [0.4, 0.5) is 5.69 Å². The Labute approximate surface area is 177 Å². The van der Waals surface area contributed by atoms with E-state index in [0.717, 1.165) is 29.2 Å². The number of carbonyl (C=O) groups is 1. The number of amides is 1. The summed E-state index contributed by atoms with van der Waals surface area (Å²) in [6.07, 6.45) is 1.38. The minimum absolute atomic E-state index is 0.0740. The van der Waals surface area contributed by atoms with Gasteiger partial charge in [-0.1, -0.05) is 56.6 Å². The quantitative estimate of drug-likeness (QED) is 0.457. The van der Waals surface area contributed by atoms with Gasteiger partial charge >= 0.3 is 0 Å². The Kier molecular flexibility index (Phi) is 6.60. The number of hydrogen-bond acceptors (Lipinski definition) is 2. The zero-order chi connectivity index (χ0) is 20.9. The normalized spacial score (nSPS) is 11.2. The first kappa shape index (κ1) is 20.9. The van der Waals surface area contributed by atoms with Crippen molar-refractivity contribution in [3.63, 3.8) is 0 Å². The smallest absolute Gasteiger partial charge is 0.228 e. The summed E-state index contributed by atoms with van der Waals surface area (Å²) < 4.78 is 5.92. The Hall–Kier alpha value is -2.78. The molecule has 0 unspecified atom stereocenters. The maximum atomic E-state index is 12.2. The molecule has 0 aliphatic carbocycles. The largest absolute Gasteiger partial charge is 0.457 e. The third kappa shape index (κ3) is 5.85. The molecule has 0 heterocycles. The molecule has 0 spiro atoms. The number of anilines is 1. The topological polar surface area (TPSA) is 38.3 Å². The number of carbonyl (C=O) groups excluding carboxylic acids is 1. The summed E-state index contributed by atoms with van der Waals surface area (Å²) in [4.78, 5) is 12.2. The van der Waals surface area contributed by atoms with Crippen molar-refractivity contribution in [2.45, 2.75) is 39.0 Å². The molecule has 0 aliphatic heterocycles. The second-order valence-corrected chi connectivity index (χ2v) is 8.18. The van der Waals surface area contributed by atoms with Crippen molar-refractivity contribution in [3.05, 3.63) is 88.9 Å². The summed E-state index contributed by atoms with van der Waals surface area (Å²) in [6.45, 7) is 6.67. The minimum atomic E-state index is -0.0740. The summed E-state index contributed by atoms with van der Waals surface area (Å²) in [7, 11) is 0. The Bertz CT molecular complexity index is 946. The molecule has 0 atom stereocenters. The number of benzene rings is 3. The molecule has 1 amide bonds. The molecule has 0 aromatic heterocycles. The van der Waals surface area contributed by atoms with Crippen LogP contribution in [0.2, 0.25) is 5.02 Å². The predicted molar refractivity (Wildman–Crippen MR) is 120 cm³/mol. The molecule has 0 bridgehead atoms. The van der Waals surface area contributed by atoms with Crippen molar-refractivity contribution in [2.75, 3.05) is 5.32 Å². The summed E-state index contributed by atoms with van der Waals surface area (Å²) in [5.41, 5.74) is 3.11. The molecule has 4 heteroatoms. The van der Waals surface area contributed by atoms with Gasteiger partial charge in [0.15, 0.2) is 0 Å². The van der Waals surface area contributed by atoms with Crippen LogP contribution in [0.5, 0.6) is 11.5 Å². The van der Waals surface area contributed by atoms with Crippen LogP contribution in [0, 0.1) is 0 Å². The molecule has 0 fully saturated rings. The molecule has 3 aromatic rings. The van der Waals surface area contributed by atoms with Gasteiger partial charge in [0, 0.05) is 10.7 Å². The summed E-state index contributed by atoms with van der Waals surface area (Å²) in [6, 6.07) is 22.9. The molecule has 0 radical (unpaired) electrons. The third-order valence-corrected chi connectivity index (χ3v) is 5.42. The lowest BCUT2D eigenvalue weighted by Gasteiger charge is -2.23. The molecule has 0 saturated heterocycles. The van der Waals surface area contributed by atoms with Gasteiger partial charge in [0.1, 0.15) is 11.5 Å². The fourth-order valence-corrected chi connectivity index (χ4v) is 3.04.